The van der Waals surface area contributed by atoms with Crippen LogP contribution in [0.25, 0.3) is 17.1 Å². The highest BCUT2D eigenvalue weighted by molar-refractivity contribution is 7.86. The fourth-order valence-electron chi connectivity index (χ4n) is 12.4. The molecule has 0 bridgehead atoms. The molecule has 29 heteroatoms. The van der Waals surface area contributed by atoms with Crippen LogP contribution in [0.4, 0.5) is 0 Å². The van der Waals surface area contributed by atoms with E-state index >= 15 is 0 Å². The third-order valence-corrected chi connectivity index (χ3v) is 19.4. The number of morpholine rings is 1. The number of ketones is 1. The number of nitrogens with zero attached hydrogens (tertiary/aromatic N) is 9. The van der Waals surface area contributed by atoms with Crippen molar-refractivity contribution in [3.8, 4) is 40.5 Å². The third kappa shape index (κ3) is 22.7. The number of Topliss-reactive ketones (excluding diaryl/α,β-unsaturated/α-hetero) is 1. The fourth-order valence-corrected chi connectivity index (χ4v) is 13.4. The van der Waals surface area contributed by atoms with Crippen molar-refractivity contribution >= 4 is 45.4 Å². The van der Waals surface area contributed by atoms with Crippen molar-refractivity contribution in [1.29, 1.82) is 0 Å². The summed E-state index contributed by atoms with van der Waals surface area (Å²) in [6.07, 6.45) is 2.32. The molecule has 0 saturated carbocycles. The molecular formula is C75H97N13O15S. The number of hydrogen-bond acceptors (Lipinski definition) is 21. The first kappa shape index (κ1) is 78.5. The predicted octanol–water partition coefficient (Wildman–Crippen LogP) is 5.45. The van der Waals surface area contributed by atoms with Crippen LogP contribution in [-0.2, 0) is 68.9 Å². The van der Waals surface area contributed by atoms with E-state index in [9.17, 15) is 57.6 Å². The molecule has 8 N–H and O–H groups in total. The summed E-state index contributed by atoms with van der Waals surface area (Å²) in [5.41, 5.74) is 3.06. The van der Waals surface area contributed by atoms with Crippen LogP contribution in [0.1, 0.15) is 118 Å². The van der Waals surface area contributed by atoms with Gasteiger partial charge in [0.2, 0.25) is 23.6 Å². The second-order valence-corrected chi connectivity index (χ2v) is 29.7. The number of amides is 5. The van der Waals surface area contributed by atoms with Gasteiger partial charge in [-0.25, -0.2) is 9.25 Å². The largest absolute Gasteiger partial charge is 0.508 e. The lowest BCUT2D eigenvalue weighted by Crippen LogP contribution is -2.60. The Morgan fingerprint density at radius 1 is 0.635 bits per heavy atom. The molecule has 0 unspecified atom stereocenters. The molecule has 5 amide bonds. The molecule has 7 aromatic rings. The van der Waals surface area contributed by atoms with E-state index in [2.05, 4.69) is 46.7 Å². The predicted molar refractivity (Wildman–Crippen MR) is 387 cm³/mol. The van der Waals surface area contributed by atoms with Crippen LogP contribution in [0.3, 0.4) is 0 Å². The van der Waals surface area contributed by atoms with Gasteiger partial charge < -0.3 is 56.1 Å². The number of phenolic OH excluding ortho intramolecular Hbond substituents is 2. The standard InChI is InChI=1S/C75H97N13O15S/c1-49(2)39-61(77-72(95)63(41-53-17-12-9-13-18-53)79-71(94)62(40-50(3)4)78-70(93)60(28-23-52-15-10-8-11-16-52)76-66(91)46-85-33-36-101-37-34-85)68(92)75(7,98)48-103-104(99,100)38-14-35-102-67-47-87(83-80-67)45-55-19-24-56(25-20-55)73(96)86-31-29-84(30-32-86)44-54-21-26-57(27-22-54)88-69(81-82-74(88)97)59-42-58(51(5)6)64(89)43-65(59)90/h8-13,15-22,24-27,42-43,47,49-51,60-63,89-90,98H,14,23,28-41,44-46,48H2,1-7H3,(H,76,91)(H,77,95)(H,78,93)(H,79,94)(H,82,97)/t60-,61-,62-,63-,75+/m0/s1. The topological polar surface area (TPSA) is 364 Å². The molecule has 0 radical (unpaired) electrons. The van der Waals surface area contributed by atoms with Gasteiger partial charge in [0.05, 0.1) is 62.2 Å². The molecule has 9 rings (SSSR count). The van der Waals surface area contributed by atoms with Crippen LogP contribution in [0.15, 0.2) is 128 Å². The Balaban J connectivity index is 0.723. The van der Waals surface area contributed by atoms with Gasteiger partial charge in [-0.2, -0.15) is 8.42 Å². The van der Waals surface area contributed by atoms with E-state index in [4.69, 9.17) is 13.7 Å². The van der Waals surface area contributed by atoms with Crippen LogP contribution in [0.2, 0.25) is 0 Å². The molecule has 2 aliphatic heterocycles. The summed E-state index contributed by atoms with van der Waals surface area (Å²) < 4.78 is 45.9. The van der Waals surface area contributed by atoms with E-state index in [0.717, 1.165) is 23.6 Å². The number of aromatic hydroxyl groups is 3. The summed E-state index contributed by atoms with van der Waals surface area (Å²) in [6.45, 7) is 16.6. The number of carbonyl (C=O) groups excluding carboxylic acids is 6. The van der Waals surface area contributed by atoms with E-state index in [1.54, 1.807) is 68.6 Å². The van der Waals surface area contributed by atoms with Gasteiger partial charge in [-0.3, -0.25) is 42.8 Å². The Labute approximate surface area is 606 Å². The number of rotatable bonds is 36. The maximum Gasteiger partial charge on any atom is 0.319 e. The monoisotopic (exact) mass is 1450 g/mol. The van der Waals surface area contributed by atoms with Crippen LogP contribution in [0, 0.1) is 11.8 Å². The van der Waals surface area contributed by atoms with Crippen molar-refractivity contribution in [3.63, 3.8) is 0 Å². The van der Waals surface area contributed by atoms with Crippen molar-refractivity contribution in [3.05, 3.63) is 161 Å². The minimum absolute atomic E-state index is 0.0212. The second-order valence-electron chi connectivity index (χ2n) is 28.0. The Morgan fingerprint density at radius 2 is 1.23 bits per heavy atom. The lowest BCUT2D eigenvalue weighted by atomic mass is 9.90. The van der Waals surface area contributed by atoms with Gasteiger partial charge in [-0.15, -0.1) is 5.10 Å². The van der Waals surface area contributed by atoms with Gasteiger partial charge in [-0.1, -0.05) is 142 Å². The van der Waals surface area contributed by atoms with Gasteiger partial charge in [0.25, 0.3) is 21.9 Å². The van der Waals surface area contributed by atoms with E-state index in [0.29, 0.717) is 93.4 Å². The number of hydrogen-bond donors (Lipinski definition) is 8. The Hall–Kier alpha value is -9.65. The average molecular weight is 1450 g/mol. The molecule has 104 heavy (non-hydrogen) atoms. The zero-order valence-corrected chi connectivity index (χ0v) is 60.8. The number of benzene rings is 5. The maximum atomic E-state index is 14.5. The Kier molecular flexibility index (Phi) is 27.7. The summed E-state index contributed by atoms with van der Waals surface area (Å²) in [6, 6.07) is 30.8. The zero-order valence-electron chi connectivity index (χ0n) is 60.0. The van der Waals surface area contributed by atoms with Gasteiger partial charge in [-0.05, 0) is 115 Å². The lowest BCUT2D eigenvalue weighted by Gasteiger charge is -2.34. The van der Waals surface area contributed by atoms with Crippen LogP contribution in [0.5, 0.6) is 23.4 Å². The van der Waals surface area contributed by atoms with Gasteiger partial charge in [0.1, 0.15) is 41.8 Å². The molecule has 0 aliphatic carbocycles. The van der Waals surface area contributed by atoms with Crippen molar-refractivity contribution in [2.24, 2.45) is 11.8 Å². The van der Waals surface area contributed by atoms with Crippen LogP contribution >= 0.6 is 0 Å². The SMILES string of the molecule is CC(C)C[C@H](NC(=O)[C@H](CCc1ccccc1)NC(=O)CN1CCOCC1)C(=O)N[C@@H](Cc1ccccc1)C(=O)N[C@@H](CC(C)C)C(=O)[C@](C)(O)COS(=O)(=O)CCCOc1cn(Cc2ccc(C(=O)N3CCN(Cc4ccc(-n5c(O)nnc5-c5cc(C(C)C)c(O)cc5O)cc4)CC3)cc2)nn1. The minimum Gasteiger partial charge on any atom is -0.508 e. The first-order valence-electron chi connectivity index (χ1n) is 35.3. The number of aliphatic hydroxyl groups is 1. The minimum atomic E-state index is -4.36. The van der Waals surface area contributed by atoms with E-state index in [1.165, 1.54) is 15.3 Å². The molecule has 4 heterocycles. The number of nitrogens with one attached hydrogen (secondary N) is 4. The van der Waals surface area contributed by atoms with Crippen molar-refractivity contribution in [2.45, 2.75) is 136 Å². The van der Waals surface area contributed by atoms with E-state index in [-0.39, 0.29) is 111 Å². The average Bonchev–Trinajstić information content (AvgIpc) is 1.51. The summed E-state index contributed by atoms with van der Waals surface area (Å²) in [5, 5.41) is 70.9. The molecule has 2 saturated heterocycles. The molecule has 2 aliphatic rings. The highest BCUT2D eigenvalue weighted by atomic mass is 32.2. The molecule has 0 spiro atoms. The van der Waals surface area contributed by atoms with Crippen LogP contribution in [-0.4, -0.2) is 216 Å². The van der Waals surface area contributed by atoms with Crippen molar-refractivity contribution < 1.29 is 71.3 Å². The van der Waals surface area contributed by atoms with Crippen molar-refractivity contribution in [2.75, 3.05) is 78.0 Å². The Bertz CT molecular complexity index is 4120. The van der Waals surface area contributed by atoms with Crippen LogP contribution < -0.4 is 26.0 Å². The summed E-state index contributed by atoms with van der Waals surface area (Å²) in [7, 11) is -4.36. The number of ether oxygens (including phenoxy) is 2. The summed E-state index contributed by atoms with van der Waals surface area (Å²) in [4.78, 5) is 90.7. The molecule has 558 valence electrons. The van der Waals surface area contributed by atoms with Gasteiger partial charge >= 0.3 is 6.01 Å². The Morgan fingerprint density at radius 3 is 1.88 bits per heavy atom. The third-order valence-electron chi connectivity index (χ3n) is 18.1. The van der Waals surface area contributed by atoms with Gasteiger partial charge in [0, 0.05) is 63.9 Å². The summed E-state index contributed by atoms with van der Waals surface area (Å²) >= 11 is 0. The molecule has 5 atom stereocenters. The van der Waals surface area contributed by atoms with Crippen molar-refractivity contribution in [1.82, 2.24) is 65.7 Å². The lowest BCUT2D eigenvalue weighted by molar-refractivity contribution is -0.143. The highest BCUT2D eigenvalue weighted by Crippen LogP contribution is 2.39. The molecule has 5 aromatic carbocycles. The second kappa shape index (κ2) is 36.7. The number of phenols is 2. The zero-order chi connectivity index (χ0) is 74.7. The first-order chi connectivity index (χ1) is 49.7. The highest BCUT2D eigenvalue weighted by Gasteiger charge is 2.40. The number of carbonyl (C=O) groups is 6. The molecule has 2 aromatic heterocycles. The van der Waals surface area contributed by atoms with E-state index < -0.39 is 75.8 Å². The quantitative estimate of drug-likeness (QED) is 0.0179. The molecule has 28 nitrogen and oxygen atoms in total. The number of aryl methyl sites for hydroxylation is 1. The fraction of sp³-hybridized carbons (Fsp3) is 0.467. The number of piperazine rings is 1. The number of aromatic nitrogens is 6. The first-order valence-corrected chi connectivity index (χ1v) is 36.9. The normalized spacial score (nSPS) is 15.6. The smallest absolute Gasteiger partial charge is 0.319 e. The summed E-state index contributed by atoms with van der Waals surface area (Å²) in [5.74, 6) is -4.24. The van der Waals surface area contributed by atoms with E-state index in [1.807, 2.05) is 104 Å². The molecule has 2 fully saturated rings. The maximum absolute atomic E-state index is 14.5. The molecular weight excluding hydrogens is 1350 g/mol. The van der Waals surface area contributed by atoms with Gasteiger partial charge in [0.15, 0.2) is 11.6 Å².